The lowest BCUT2D eigenvalue weighted by Gasteiger charge is -2.03. The van der Waals surface area contributed by atoms with E-state index in [1.165, 1.54) is 11.8 Å². The van der Waals surface area contributed by atoms with Gasteiger partial charge >= 0.3 is 5.97 Å². The molecular weight excluding hydrogens is 164 g/mol. The molecule has 4 nitrogen and oxygen atoms in total. The Morgan fingerprint density at radius 1 is 1.82 bits per heavy atom. The number of carboxylic acids is 1. The number of nitriles is 1. The first-order valence-corrected chi connectivity index (χ1v) is 4.27. The molecule has 0 fully saturated rings. The van der Waals surface area contributed by atoms with Gasteiger partial charge in [-0.3, -0.25) is 4.79 Å². The number of hydrogen-bond donors (Lipinski definition) is 2. The zero-order valence-corrected chi connectivity index (χ0v) is 6.80. The highest BCUT2D eigenvalue weighted by molar-refractivity contribution is 7.99. The Kier molecular flexibility index (Phi) is 5.61. The summed E-state index contributed by atoms with van der Waals surface area (Å²) in [5.41, 5.74) is 5.20. The van der Waals surface area contributed by atoms with Gasteiger partial charge in [0.1, 0.15) is 6.04 Å². The second-order valence-corrected chi connectivity index (χ2v) is 3.08. The quantitative estimate of drug-likeness (QED) is 0.575. The van der Waals surface area contributed by atoms with E-state index in [1.54, 1.807) is 0 Å². The average Bonchev–Trinajstić information content (AvgIpc) is 1.97. The zero-order chi connectivity index (χ0) is 8.69. The second-order valence-electron chi connectivity index (χ2n) is 1.93. The Morgan fingerprint density at radius 2 is 2.45 bits per heavy atom. The molecule has 0 aliphatic carbocycles. The summed E-state index contributed by atoms with van der Waals surface area (Å²) in [6, 6.07) is 1.15. The molecule has 0 saturated heterocycles. The van der Waals surface area contributed by atoms with E-state index in [4.69, 9.17) is 16.1 Å². The number of rotatable bonds is 5. The zero-order valence-electron chi connectivity index (χ0n) is 5.99. The van der Waals surface area contributed by atoms with Crippen molar-refractivity contribution in [2.75, 3.05) is 11.5 Å². The molecule has 0 aromatic heterocycles. The van der Waals surface area contributed by atoms with Crippen LogP contribution < -0.4 is 5.73 Å². The summed E-state index contributed by atoms with van der Waals surface area (Å²) < 4.78 is 0. The third-order valence-corrected chi connectivity index (χ3v) is 2.06. The predicted molar refractivity (Wildman–Crippen MR) is 43.2 cm³/mol. The van der Waals surface area contributed by atoms with E-state index in [2.05, 4.69) is 0 Å². The van der Waals surface area contributed by atoms with Crippen LogP contribution in [-0.2, 0) is 4.79 Å². The van der Waals surface area contributed by atoms with Gasteiger partial charge in [0.25, 0.3) is 0 Å². The summed E-state index contributed by atoms with van der Waals surface area (Å²) in [6.45, 7) is 0. The molecule has 0 saturated carbocycles. The fraction of sp³-hybridized carbons (Fsp3) is 0.667. The highest BCUT2D eigenvalue weighted by Gasteiger charge is 2.09. The van der Waals surface area contributed by atoms with Crippen molar-refractivity contribution in [2.24, 2.45) is 5.73 Å². The van der Waals surface area contributed by atoms with Gasteiger partial charge in [0.2, 0.25) is 0 Å². The molecule has 0 aliphatic rings. The Hall–Kier alpha value is -0.730. The van der Waals surface area contributed by atoms with Crippen LogP contribution in [0.25, 0.3) is 0 Å². The third-order valence-electron chi connectivity index (χ3n) is 0.973. The van der Waals surface area contributed by atoms with Crippen molar-refractivity contribution in [3.05, 3.63) is 0 Å². The molecule has 0 aromatic rings. The summed E-state index contributed by atoms with van der Waals surface area (Å²) in [6.07, 6.45) is 0.441. The van der Waals surface area contributed by atoms with Crippen LogP contribution in [0.1, 0.15) is 6.42 Å². The minimum absolute atomic E-state index is 0.372. The maximum atomic E-state index is 10.2. The van der Waals surface area contributed by atoms with Crippen LogP contribution in [0.15, 0.2) is 0 Å². The first kappa shape index (κ1) is 10.3. The van der Waals surface area contributed by atoms with Crippen LogP contribution in [0.4, 0.5) is 0 Å². The molecule has 0 rings (SSSR count). The Morgan fingerprint density at radius 3 is 2.91 bits per heavy atom. The van der Waals surface area contributed by atoms with Crippen LogP contribution in [0.3, 0.4) is 0 Å². The maximum absolute atomic E-state index is 10.2. The van der Waals surface area contributed by atoms with Crippen LogP contribution in [-0.4, -0.2) is 28.6 Å². The Bertz CT molecular complexity index is 166. The number of carboxylic acid groups (broad SMARTS) is 1. The van der Waals surface area contributed by atoms with Gasteiger partial charge < -0.3 is 10.8 Å². The lowest BCUT2D eigenvalue weighted by molar-refractivity contribution is -0.137. The van der Waals surface area contributed by atoms with Crippen molar-refractivity contribution in [3.8, 4) is 6.07 Å². The Balaban J connectivity index is 3.26. The molecule has 1 unspecified atom stereocenters. The van der Waals surface area contributed by atoms with Gasteiger partial charge in [-0.2, -0.15) is 17.0 Å². The number of carbonyl (C=O) groups is 1. The molecule has 0 amide bonds. The first-order valence-electron chi connectivity index (χ1n) is 3.11. The summed E-state index contributed by atoms with van der Waals surface area (Å²) in [4.78, 5) is 10.2. The van der Waals surface area contributed by atoms with E-state index in [1.807, 2.05) is 6.07 Å². The standard InChI is InChI=1S/C6H10N2O2S/c7-2-1-3-11-4-5(8)6(9)10/h5H,1,3-4,8H2,(H,9,10). The van der Waals surface area contributed by atoms with Crippen molar-refractivity contribution in [2.45, 2.75) is 12.5 Å². The minimum Gasteiger partial charge on any atom is -0.480 e. The number of aliphatic carboxylic acids is 1. The summed E-state index contributed by atoms with van der Waals surface area (Å²) in [7, 11) is 0. The lowest BCUT2D eigenvalue weighted by atomic mass is 10.4. The number of nitrogens with zero attached hydrogens (tertiary/aromatic N) is 1. The van der Waals surface area contributed by atoms with Crippen LogP contribution in [0.2, 0.25) is 0 Å². The monoisotopic (exact) mass is 174 g/mol. The lowest BCUT2D eigenvalue weighted by Crippen LogP contribution is -2.32. The molecule has 0 heterocycles. The molecule has 0 bridgehead atoms. The second kappa shape index (κ2) is 6.01. The van der Waals surface area contributed by atoms with E-state index < -0.39 is 12.0 Å². The normalized spacial score (nSPS) is 12.0. The van der Waals surface area contributed by atoms with Crippen molar-refractivity contribution < 1.29 is 9.90 Å². The van der Waals surface area contributed by atoms with Gasteiger partial charge in [-0.05, 0) is 0 Å². The predicted octanol–water partition coefficient (Wildman–Crippen LogP) is 0.0452. The van der Waals surface area contributed by atoms with Crippen molar-refractivity contribution in [1.82, 2.24) is 0 Å². The van der Waals surface area contributed by atoms with Crippen molar-refractivity contribution >= 4 is 17.7 Å². The molecule has 0 aliphatic heterocycles. The molecule has 5 heteroatoms. The van der Waals surface area contributed by atoms with E-state index >= 15 is 0 Å². The maximum Gasteiger partial charge on any atom is 0.321 e. The topological polar surface area (TPSA) is 87.1 Å². The van der Waals surface area contributed by atoms with Gasteiger partial charge in [-0.1, -0.05) is 0 Å². The molecule has 0 aromatic carbocycles. The summed E-state index contributed by atoms with van der Waals surface area (Å²) >= 11 is 1.39. The first-order chi connectivity index (χ1) is 5.18. The van der Waals surface area contributed by atoms with Crippen LogP contribution in [0, 0.1) is 11.3 Å². The van der Waals surface area contributed by atoms with E-state index in [0.717, 1.165) is 0 Å². The largest absolute Gasteiger partial charge is 0.480 e. The van der Waals surface area contributed by atoms with Crippen molar-refractivity contribution in [1.29, 1.82) is 5.26 Å². The van der Waals surface area contributed by atoms with Crippen molar-refractivity contribution in [3.63, 3.8) is 0 Å². The highest BCUT2D eigenvalue weighted by atomic mass is 32.2. The van der Waals surface area contributed by atoms with Crippen LogP contribution >= 0.6 is 11.8 Å². The SMILES string of the molecule is N#CCCSCC(N)C(=O)O. The highest BCUT2D eigenvalue weighted by Crippen LogP contribution is 2.02. The Labute approximate surface area is 69.4 Å². The van der Waals surface area contributed by atoms with Gasteiger partial charge in [-0.25, -0.2) is 0 Å². The molecule has 3 N–H and O–H groups in total. The van der Waals surface area contributed by atoms with Gasteiger partial charge in [0.15, 0.2) is 0 Å². The number of nitrogens with two attached hydrogens (primary N) is 1. The van der Waals surface area contributed by atoms with Gasteiger partial charge in [0.05, 0.1) is 6.07 Å². The fourth-order valence-corrected chi connectivity index (χ4v) is 1.20. The van der Waals surface area contributed by atoms with E-state index in [-0.39, 0.29) is 0 Å². The smallest absolute Gasteiger partial charge is 0.321 e. The molecule has 0 radical (unpaired) electrons. The van der Waals surface area contributed by atoms with E-state index in [9.17, 15) is 4.79 Å². The number of thioether (sulfide) groups is 1. The number of hydrogen-bond acceptors (Lipinski definition) is 4. The molecule has 1 atom stereocenters. The summed E-state index contributed by atoms with van der Waals surface area (Å²) in [5, 5.41) is 16.5. The molecule has 11 heavy (non-hydrogen) atoms. The minimum atomic E-state index is -0.991. The van der Waals surface area contributed by atoms with Crippen LogP contribution in [0.5, 0.6) is 0 Å². The molecular formula is C6H10N2O2S. The fourth-order valence-electron chi connectivity index (χ4n) is 0.399. The van der Waals surface area contributed by atoms with Gasteiger partial charge in [0, 0.05) is 17.9 Å². The third kappa shape index (κ3) is 5.70. The van der Waals surface area contributed by atoms with E-state index in [0.29, 0.717) is 17.9 Å². The molecule has 62 valence electrons. The summed E-state index contributed by atoms with van der Waals surface area (Å²) in [5.74, 6) is 0.0311. The van der Waals surface area contributed by atoms with Gasteiger partial charge in [-0.15, -0.1) is 0 Å². The molecule has 0 spiro atoms. The average molecular weight is 174 g/mol.